The zero-order chi connectivity index (χ0) is 19.1. The fraction of sp³-hybridized carbons (Fsp3) is 0.471. The predicted molar refractivity (Wildman–Crippen MR) is 85.8 cm³/mol. The second-order valence-corrected chi connectivity index (χ2v) is 6.51. The minimum absolute atomic E-state index is 0.174. The number of halogens is 3. The van der Waals surface area contributed by atoms with E-state index in [9.17, 15) is 27.6 Å². The maximum absolute atomic E-state index is 13.2. The maximum Gasteiger partial charge on any atom is 0.418 e. The first-order chi connectivity index (χ1) is 12.2. The molecule has 0 spiro atoms. The first kappa shape index (κ1) is 18.4. The van der Waals surface area contributed by atoms with E-state index in [1.165, 1.54) is 12.1 Å². The molecule has 1 aromatic rings. The molecule has 0 aromatic heterocycles. The summed E-state index contributed by atoms with van der Waals surface area (Å²) in [7, 11) is 0. The number of nitrogens with two attached hydrogens (primary N) is 1. The number of imide groups is 1. The van der Waals surface area contributed by atoms with E-state index in [0.717, 1.165) is 12.1 Å². The van der Waals surface area contributed by atoms with Gasteiger partial charge >= 0.3 is 6.18 Å². The average Bonchev–Trinajstić information content (AvgIpc) is 2.88. The van der Waals surface area contributed by atoms with Crippen LogP contribution < -0.4 is 10.6 Å². The topological polar surface area (TPSA) is 83.7 Å². The fourth-order valence-electron chi connectivity index (χ4n) is 3.56. The smallest absolute Gasteiger partial charge is 0.369 e. The van der Waals surface area contributed by atoms with Crippen molar-refractivity contribution in [2.45, 2.75) is 31.5 Å². The van der Waals surface area contributed by atoms with Crippen LogP contribution in [0.3, 0.4) is 0 Å². The molecule has 2 N–H and O–H groups in total. The molecule has 2 fully saturated rings. The van der Waals surface area contributed by atoms with E-state index in [0.29, 0.717) is 30.8 Å². The molecule has 0 aliphatic carbocycles. The molecular weight excluding hydrogens is 351 g/mol. The highest BCUT2D eigenvalue weighted by molar-refractivity contribution is 6.22. The number of carbonyl (C=O) groups excluding carboxylic acids is 3. The van der Waals surface area contributed by atoms with E-state index in [-0.39, 0.29) is 12.3 Å². The quantitative estimate of drug-likeness (QED) is 0.819. The zero-order valence-corrected chi connectivity index (χ0v) is 13.8. The zero-order valence-electron chi connectivity index (χ0n) is 13.8. The van der Waals surface area contributed by atoms with Gasteiger partial charge in [-0.15, -0.1) is 0 Å². The molecule has 6 nitrogen and oxygen atoms in total. The molecule has 9 heteroatoms. The summed E-state index contributed by atoms with van der Waals surface area (Å²) < 4.78 is 39.7. The van der Waals surface area contributed by atoms with Gasteiger partial charge in [-0.05, 0) is 38.1 Å². The van der Waals surface area contributed by atoms with Gasteiger partial charge in [0.1, 0.15) is 0 Å². The van der Waals surface area contributed by atoms with Crippen LogP contribution in [0.2, 0.25) is 0 Å². The van der Waals surface area contributed by atoms with Crippen LogP contribution >= 0.6 is 0 Å². The Labute approximate surface area is 147 Å². The molecule has 0 radical (unpaired) electrons. The second kappa shape index (κ2) is 6.71. The first-order valence-electron chi connectivity index (χ1n) is 8.26. The SMILES string of the molecule is NC(=O)C1CCN([C@@H]2CC(=O)N(c3ccccc3C(F)(F)F)C2=O)CC1. The van der Waals surface area contributed by atoms with Gasteiger partial charge in [0.05, 0.1) is 23.7 Å². The number of piperidine rings is 1. The molecule has 1 aromatic carbocycles. The number of primary amides is 1. The summed E-state index contributed by atoms with van der Waals surface area (Å²) in [5.41, 5.74) is 3.82. The number of anilines is 1. The summed E-state index contributed by atoms with van der Waals surface area (Å²) in [6.45, 7) is 0.790. The number of benzene rings is 1. The van der Waals surface area contributed by atoms with Gasteiger partial charge in [0.15, 0.2) is 0 Å². The Morgan fingerprint density at radius 3 is 2.31 bits per heavy atom. The second-order valence-electron chi connectivity index (χ2n) is 6.51. The lowest BCUT2D eigenvalue weighted by Gasteiger charge is -2.33. The summed E-state index contributed by atoms with van der Waals surface area (Å²) in [6, 6.07) is 3.74. The van der Waals surface area contributed by atoms with Crippen LogP contribution in [0.5, 0.6) is 0 Å². The molecule has 2 aliphatic rings. The Morgan fingerprint density at radius 1 is 1.12 bits per heavy atom. The van der Waals surface area contributed by atoms with Gasteiger partial charge in [-0.3, -0.25) is 19.3 Å². The Bertz CT molecular complexity index is 742. The highest BCUT2D eigenvalue weighted by atomic mass is 19.4. The van der Waals surface area contributed by atoms with Crippen LogP contribution in [0.15, 0.2) is 24.3 Å². The number of carbonyl (C=O) groups is 3. The van der Waals surface area contributed by atoms with E-state index >= 15 is 0 Å². The summed E-state index contributed by atoms with van der Waals surface area (Å²) in [5, 5.41) is 0. The third-order valence-electron chi connectivity index (χ3n) is 4.95. The van der Waals surface area contributed by atoms with Crippen molar-refractivity contribution < 1.29 is 27.6 Å². The lowest BCUT2D eigenvalue weighted by atomic mass is 9.95. The maximum atomic E-state index is 13.2. The number of nitrogens with zero attached hydrogens (tertiary/aromatic N) is 2. The van der Waals surface area contributed by atoms with Crippen LogP contribution in [0, 0.1) is 5.92 Å². The summed E-state index contributed by atoms with van der Waals surface area (Å²) in [4.78, 5) is 38.7. The summed E-state index contributed by atoms with van der Waals surface area (Å²) in [5.74, 6) is -2.00. The van der Waals surface area contributed by atoms with Crippen LogP contribution in [-0.4, -0.2) is 41.8 Å². The number of hydrogen-bond acceptors (Lipinski definition) is 4. The van der Waals surface area contributed by atoms with Crippen molar-refractivity contribution in [3.63, 3.8) is 0 Å². The Balaban J connectivity index is 1.82. The molecule has 3 rings (SSSR count). The van der Waals surface area contributed by atoms with Crippen molar-refractivity contribution in [3.05, 3.63) is 29.8 Å². The lowest BCUT2D eigenvalue weighted by molar-refractivity contribution is -0.137. The lowest BCUT2D eigenvalue weighted by Crippen LogP contribution is -2.47. The molecule has 2 aliphatic heterocycles. The number of rotatable bonds is 3. The fourth-order valence-corrected chi connectivity index (χ4v) is 3.56. The van der Waals surface area contributed by atoms with Gasteiger partial charge in [0, 0.05) is 5.92 Å². The largest absolute Gasteiger partial charge is 0.418 e. The highest BCUT2D eigenvalue weighted by Crippen LogP contribution is 2.38. The van der Waals surface area contributed by atoms with Crippen molar-refractivity contribution in [1.82, 2.24) is 4.90 Å². The average molecular weight is 369 g/mol. The van der Waals surface area contributed by atoms with E-state index in [2.05, 4.69) is 0 Å². The van der Waals surface area contributed by atoms with E-state index in [4.69, 9.17) is 5.73 Å². The number of likely N-dealkylation sites (tertiary alicyclic amines) is 1. The predicted octanol–water partition coefficient (Wildman–Crippen LogP) is 1.53. The summed E-state index contributed by atoms with van der Waals surface area (Å²) in [6.07, 6.45) is -3.92. The number of amides is 3. The van der Waals surface area contributed by atoms with Gasteiger partial charge in [0.2, 0.25) is 11.8 Å². The van der Waals surface area contributed by atoms with Crippen LogP contribution in [0.4, 0.5) is 18.9 Å². The van der Waals surface area contributed by atoms with E-state index in [1.54, 1.807) is 4.90 Å². The van der Waals surface area contributed by atoms with Crippen molar-refractivity contribution in [1.29, 1.82) is 0 Å². The Morgan fingerprint density at radius 2 is 1.73 bits per heavy atom. The highest BCUT2D eigenvalue weighted by Gasteiger charge is 2.46. The molecule has 0 unspecified atom stereocenters. The Hall–Kier alpha value is -2.42. The van der Waals surface area contributed by atoms with Gasteiger partial charge in [0.25, 0.3) is 5.91 Å². The molecule has 2 heterocycles. The van der Waals surface area contributed by atoms with Crippen LogP contribution in [0.1, 0.15) is 24.8 Å². The molecule has 0 bridgehead atoms. The number of alkyl halides is 3. The van der Waals surface area contributed by atoms with Gasteiger partial charge in [-0.1, -0.05) is 12.1 Å². The van der Waals surface area contributed by atoms with Crippen molar-refractivity contribution in [3.8, 4) is 0 Å². The molecular formula is C17H18F3N3O3. The summed E-state index contributed by atoms with van der Waals surface area (Å²) >= 11 is 0. The van der Waals surface area contributed by atoms with Crippen molar-refractivity contribution in [2.24, 2.45) is 11.7 Å². The Kier molecular flexibility index (Phi) is 4.74. The molecule has 2 saturated heterocycles. The van der Waals surface area contributed by atoms with Crippen molar-refractivity contribution in [2.75, 3.05) is 18.0 Å². The molecule has 0 saturated carbocycles. The van der Waals surface area contributed by atoms with E-state index < -0.39 is 41.2 Å². The van der Waals surface area contributed by atoms with Crippen molar-refractivity contribution >= 4 is 23.4 Å². The van der Waals surface area contributed by atoms with Gasteiger partial charge in [-0.2, -0.15) is 13.2 Å². The first-order valence-corrected chi connectivity index (χ1v) is 8.26. The van der Waals surface area contributed by atoms with Gasteiger partial charge < -0.3 is 5.73 Å². The molecule has 26 heavy (non-hydrogen) atoms. The van der Waals surface area contributed by atoms with E-state index in [1.807, 2.05) is 0 Å². The minimum Gasteiger partial charge on any atom is -0.369 e. The van der Waals surface area contributed by atoms with Gasteiger partial charge in [-0.25, -0.2) is 4.90 Å². The third-order valence-corrected chi connectivity index (χ3v) is 4.95. The van der Waals surface area contributed by atoms with Crippen LogP contribution in [-0.2, 0) is 20.6 Å². The molecule has 140 valence electrons. The normalized spacial score (nSPS) is 22.9. The van der Waals surface area contributed by atoms with Crippen LogP contribution in [0.25, 0.3) is 0 Å². The number of para-hydroxylation sites is 1. The molecule has 1 atom stereocenters. The molecule has 3 amide bonds. The number of hydrogen-bond donors (Lipinski definition) is 1. The minimum atomic E-state index is -4.67. The monoisotopic (exact) mass is 369 g/mol. The standard InChI is InChI=1S/C17H18F3N3O3/c18-17(19,20)11-3-1-2-4-12(11)23-14(24)9-13(16(23)26)22-7-5-10(6-8-22)15(21)25/h1-4,10,13H,5-9H2,(H2,21,25)/t13-/m1/s1. The third kappa shape index (κ3) is 3.31.